The molecule has 4 heterocycles. The van der Waals surface area contributed by atoms with Crippen LogP contribution in [-0.2, 0) is 18.3 Å². The van der Waals surface area contributed by atoms with Crippen molar-refractivity contribution in [3.8, 4) is 0 Å². The van der Waals surface area contributed by atoms with Gasteiger partial charge in [-0.3, -0.25) is 14.0 Å². The number of likely N-dealkylation sites (tertiary alicyclic amines) is 1. The maximum absolute atomic E-state index is 12.8. The maximum atomic E-state index is 12.8. The number of rotatable bonds is 4. The normalized spacial score (nSPS) is 23.2. The predicted octanol–water partition coefficient (Wildman–Crippen LogP) is 2.71. The second-order valence-electron chi connectivity index (χ2n) is 10.3. The number of aromatic nitrogens is 3. The molecule has 166 valence electrons. The molecule has 2 unspecified atom stereocenters. The maximum Gasteiger partial charge on any atom is 0.330 e. The molecule has 0 aromatic carbocycles. The molecule has 2 aromatic heterocycles. The van der Waals surface area contributed by atoms with E-state index in [2.05, 4.69) is 37.8 Å². The van der Waals surface area contributed by atoms with Crippen molar-refractivity contribution in [2.24, 2.45) is 18.4 Å². The number of aliphatic hydroxyl groups is 1. The third-order valence-corrected chi connectivity index (χ3v) is 6.57. The van der Waals surface area contributed by atoms with E-state index in [9.17, 15) is 9.90 Å². The fourth-order valence-electron chi connectivity index (χ4n) is 4.94. The molecule has 2 atom stereocenters. The summed E-state index contributed by atoms with van der Waals surface area (Å²) in [5.41, 5.74) is 2.68. The summed E-state index contributed by atoms with van der Waals surface area (Å²) < 4.78 is 8.96. The molecule has 2 fully saturated rings. The second-order valence-corrected chi connectivity index (χ2v) is 10.3. The number of hydrogen-bond acceptors (Lipinski definition) is 5. The summed E-state index contributed by atoms with van der Waals surface area (Å²) in [7, 11) is 1.81. The highest BCUT2D eigenvalue weighted by Gasteiger charge is 2.32. The number of fused-ring (bicyclic) bond motifs is 1. The van der Waals surface area contributed by atoms with E-state index in [0.717, 1.165) is 68.8 Å². The molecule has 2 aliphatic heterocycles. The van der Waals surface area contributed by atoms with Crippen molar-refractivity contribution in [1.29, 1.82) is 0 Å². The molecule has 4 rings (SSSR count). The minimum absolute atomic E-state index is 0.00946. The SMILES string of the molecule is Cn1c(=O)n(CC(C)(C)C)c2ccc(C3CCCN(C(O)C4CCOCC4)C3)nc21. The Morgan fingerprint density at radius 3 is 2.67 bits per heavy atom. The molecule has 0 amide bonds. The van der Waals surface area contributed by atoms with Crippen LogP contribution < -0.4 is 5.69 Å². The summed E-state index contributed by atoms with van der Waals surface area (Å²) in [4.78, 5) is 20.0. The molecule has 0 spiro atoms. The monoisotopic (exact) mass is 416 g/mol. The van der Waals surface area contributed by atoms with Crippen LogP contribution in [0.4, 0.5) is 0 Å². The van der Waals surface area contributed by atoms with Gasteiger partial charge in [-0.25, -0.2) is 9.78 Å². The molecule has 2 aromatic rings. The fourth-order valence-corrected chi connectivity index (χ4v) is 4.94. The lowest BCUT2D eigenvalue weighted by Gasteiger charge is -2.39. The Balaban J connectivity index is 1.57. The summed E-state index contributed by atoms with van der Waals surface area (Å²) in [5.74, 6) is 0.568. The van der Waals surface area contributed by atoms with E-state index < -0.39 is 6.23 Å². The molecular formula is C23H36N4O3. The fraction of sp³-hybridized carbons (Fsp3) is 0.739. The summed E-state index contributed by atoms with van der Waals surface area (Å²) in [6.07, 6.45) is 3.56. The third-order valence-electron chi connectivity index (χ3n) is 6.57. The number of pyridine rings is 1. The Kier molecular flexibility index (Phi) is 6.06. The third kappa shape index (κ3) is 4.34. The van der Waals surface area contributed by atoms with Gasteiger partial charge in [0.15, 0.2) is 5.65 Å². The molecular weight excluding hydrogens is 380 g/mol. The van der Waals surface area contributed by atoms with E-state index in [4.69, 9.17) is 9.72 Å². The quantitative estimate of drug-likeness (QED) is 0.830. The van der Waals surface area contributed by atoms with Gasteiger partial charge in [-0.15, -0.1) is 0 Å². The largest absolute Gasteiger partial charge is 0.381 e. The van der Waals surface area contributed by atoms with Gasteiger partial charge in [0.1, 0.15) is 6.23 Å². The van der Waals surface area contributed by atoms with E-state index in [1.807, 2.05) is 11.6 Å². The lowest BCUT2D eigenvalue weighted by atomic mass is 9.91. The van der Waals surface area contributed by atoms with E-state index >= 15 is 0 Å². The highest BCUT2D eigenvalue weighted by molar-refractivity contribution is 5.72. The molecule has 1 N–H and O–H groups in total. The van der Waals surface area contributed by atoms with Crippen molar-refractivity contribution in [3.05, 3.63) is 28.3 Å². The molecule has 2 saturated heterocycles. The minimum Gasteiger partial charge on any atom is -0.381 e. The number of aryl methyl sites for hydroxylation is 1. The van der Waals surface area contributed by atoms with Crippen LogP contribution >= 0.6 is 0 Å². The van der Waals surface area contributed by atoms with E-state index in [1.165, 1.54) is 0 Å². The highest BCUT2D eigenvalue weighted by Crippen LogP contribution is 2.31. The van der Waals surface area contributed by atoms with Crippen LogP contribution in [-0.4, -0.2) is 56.7 Å². The minimum atomic E-state index is -0.405. The summed E-state index contributed by atoms with van der Waals surface area (Å²) >= 11 is 0. The first-order chi connectivity index (χ1) is 14.2. The zero-order valence-electron chi connectivity index (χ0n) is 18.8. The van der Waals surface area contributed by atoms with Crippen LogP contribution in [0.2, 0.25) is 0 Å². The second kappa shape index (κ2) is 8.44. The zero-order chi connectivity index (χ0) is 21.5. The van der Waals surface area contributed by atoms with Gasteiger partial charge in [-0.1, -0.05) is 20.8 Å². The van der Waals surface area contributed by atoms with Crippen LogP contribution in [0, 0.1) is 11.3 Å². The van der Waals surface area contributed by atoms with Gasteiger partial charge >= 0.3 is 5.69 Å². The van der Waals surface area contributed by atoms with Gasteiger partial charge in [-0.2, -0.15) is 0 Å². The number of imidazole rings is 1. The van der Waals surface area contributed by atoms with Crippen molar-refractivity contribution in [2.45, 2.75) is 65.1 Å². The molecule has 30 heavy (non-hydrogen) atoms. The van der Waals surface area contributed by atoms with Gasteiger partial charge < -0.3 is 9.84 Å². The lowest BCUT2D eigenvalue weighted by molar-refractivity contribution is -0.0834. The van der Waals surface area contributed by atoms with Crippen LogP contribution in [0.3, 0.4) is 0 Å². The zero-order valence-corrected chi connectivity index (χ0v) is 18.8. The van der Waals surface area contributed by atoms with E-state index in [0.29, 0.717) is 12.5 Å². The topological polar surface area (TPSA) is 72.5 Å². The average molecular weight is 417 g/mol. The van der Waals surface area contributed by atoms with E-state index in [1.54, 1.807) is 4.57 Å². The Morgan fingerprint density at radius 2 is 1.97 bits per heavy atom. The molecule has 0 saturated carbocycles. The van der Waals surface area contributed by atoms with Crippen molar-refractivity contribution in [3.63, 3.8) is 0 Å². The Bertz CT molecular complexity index is 936. The number of hydrogen-bond donors (Lipinski definition) is 1. The van der Waals surface area contributed by atoms with Crippen LogP contribution in [0.5, 0.6) is 0 Å². The van der Waals surface area contributed by atoms with Gasteiger partial charge in [-0.05, 0) is 43.2 Å². The van der Waals surface area contributed by atoms with Gasteiger partial charge in [0, 0.05) is 57.4 Å². The van der Waals surface area contributed by atoms with E-state index in [-0.39, 0.29) is 17.0 Å². The number of ether oxygens (including phenoxy) is 1. The molecule has 7 heteroatoms. The van der Waals surface area contributed by atoms with Crippen molar-refractivity contribution >= 4 is 11.2 Å². The van der Waals surface area contributed by atoms with Crippen molar-refractivity contribution in [1.82, 2.24) is 19.0 Å². The first-order valence-corrected chi connectivity index (χ1v) is 11.3. The van der Waals surface area contributed by atoms with Crippen molar-refractivity contribution in [2.75, 3.05) is 26.3 Å². The Hall–Kier alpha value is -1.70. The summed E-state index contributed by atoms with van der Waals surface area (Å²) in [5, 5.41) is 10.9. The van der Waals surface area contributed by atoms with Gasteiger partial charge in [0.25, 0.3) is 0 Å². The first kappa shape index (κ1) is 21.5. The van der Waals surface area contributed by atoms with Crippen LogP contribution in [0.1, 0.15) is 58.1 Å². The Labute approximate surface area is 178 Å². The number of aliphatic hydroxyl groups excluding tert-OH is 1. The highest BCUT2D eigenvalue weighted by atomic mass is 16.5. The van der Waals surface area contributed by atoms with Crippen LogP contribution in [0.15, 0.2) is 16.9 Å². The number of piperidine rings is 1. The Morgan fingerprint density at radius 1 is 1.23 bits per heavy atom. The average Bonchev–Trinajstić information content (AvgIpc) is 2.97. The molecule has 0 radical (unpaired) electrons. The lowest BCUT2D eigenvalue weighted by Crippen LogP contribution is -2.47. The summed E-state index contributed by atoms with van der Waals surface area (Å²) in [6, 6.07) is 4.13. The number of nitrogens with zero attached hydrogens (tertiary/aromatic N) is 4. The van der Waals surface area contributed by atoms with Gasteiger partial charge in [0.05, 0.1) is 5.52 Å². The predicted molar refractivity (Wildman–Crippen MR) is 118 cm³/mol. The molecule has 0 aliphatic carbocycles. The molecule has 0 bridgehead atoms. The summed E-state index contributed by atoms with van der Waals surface area (Å²) in [6.45, 7) is 10.3. The smallest absolute Gasteiger partial charge is 0.330 e. The molecule has 2 aliphatic rings. The first-order valence-electron chi connectivity index (χ1n) is 11.3. The van der Waals surface area contributed by atoms with Gasteiger partial charge in [0.2, 0.25) is 0 Å². The standard InChI is InChI=1S/C23H36N4O3/c1-23(2,3)15-27-19-8-7-18(24-20(19)25(4)22(27)29)17-6-5-11-26(14-17)21(28)16-9-12-30-13-10-16/h7-8,16-17,21,28H,5-6,9-15H2,1-4H3. The molecule has 7 nitrogen and oxygen atoms in total. The van der Waals surface area contributed by atoms with Crippen molar-refractivity contribution < 1.29 is 9.84 Å². The van der Waals surface area contributed by atoms with Crippen LogP contribution in [0.25, 0.3) is 11.2 Å².